The molecule has 0 saturated carbocycles. The largest absolute Gasteiger partial charge is 0.397 e. The Kier molecular flexibility index (Phi) is 3.31. The molecule has 1 heterocycles. The quantitative estimate of drug-likeness (QED) is 0.801. The van der Waals surface area contributed by atoms with Crippen molar-refractivity contribution in [1.29, 1.82) is 0 Å². The molecule has 4 nitrogen and oxygen atoms in total. The van der Waals surface area contributed by atoms with E-state index in [1.807, 2.05) is 23.0 Å². The molecule has 1 aromatic heterocycles. The zero-order chi connectivity index (χ0) is 11.4. The fraction of sp³-hybridized carbons (Fsp3) is 0.182. The molecule has 2 rings (SSSR count). The monoisotopic (exact) mass is 236 g/mol. The second-order valence-corrected chi connectivity index (χ2v) is 3.86. The molecular weight excluding hydrogens is 224 g/mol. The number of hydrogen-bond donors (Lipinski definition) is 2. The van der Waals surface area contributed by atoms with Crippen LogP contribution in [-0.4, -0.2) is 16.3 Å². The molecule has 84 valence electrons. The Bertz CT molecular complexity index is 453. The van der Waals surface area contributed by atoms with E-state index < -0.39 is 0 Å². The molecule has 16 heavy (non-hydrogen) atoms. The highest BCUT2D eigenvalue weighted by Gasteiger charge is 1.99. The molecule has 2 aromatic rings. The van der Waals surface area contributed by atoms with Gasteiger partial charge in [0, 0.05) is 24.0 Å². The minimum atomic E-state index is 0.677. The van der Waals surface area contributed by atoms with Gasteiger partial charge in [0.25, 0.3) is 0 Å². The number of nitrogen functional groups attached to an aromatic ring is 1. The first-order chi connectivity index (χ1) is 7.75. The van der Waals surface area contributed by atoms with E-state index >= 15 is 0 Å². The van der Waals surface area contributed by atoms with Crippen LogP contribution in [0.2, 0.25) is 5.02 Å². The highest BCUT2D eigenvalue weighted by molar-refractivity contribution is 6.31. The molecule has 0 aliphatic rings. The van der Waals surface area contributed by atoms with Crippen molar-refractivity contribution < 1.29 is 0 Å². The van der Waals surface area contributed by atoms with Crippen LogP contribution in [0.5, 0.6) is 0 Å². The number of benzene rings is 1. The molecule has 0 atom stereocenters. The van der Waals surface area contributed by atoms with E-state index in [2.05, 4.69) is 10.4 Å². The van der Waals surface area contributed by atoms with Gasteiger partial charge in [-0.3, -0.25) is 4.68 Å². The van der Waals surface area contributed by atoms with Crippen molar-refractivity contribution in [2.75, 3.05) is 17.6 Å². The molecule has 0 bridgehead atoms. The van der Waals surface area contributed by atoms with Crippen LogP contribution in [0.15, 0.2) is 36.7 Å². The van der Waals surface area contributed by atoms with Crippen molar-refractivity contribution in [2.45, 2.75) is 6.54 Å². The molecule has 0 saturated heterocycles. The third kappa shape index (κ3) is 2.67. The van der Waals surface area contributed by atoms with Gasteiger partial charge in [-0.25, -0.2) is 0 Å². The standard InChI is InChI=1S/C11H13ClN4/c12-9-2-3-10(13)11(8-9)14-5-7-16-6-1-4-15-16/h1-4,6,8,14H,5,7,13H2. The number of hydrogen-bond acceptors (Lipinski definition) is 3. The van der Waals surface area contributed by atoms with E-state index in [0.717, 1.165) is 18.8 Å². The number of halogens is 1. The lowest BCUT2D eigenvalue weighted by Gasteiger charge is -2.09. The van der Waals surface area contributed by atoms with Gasteiger partial charge in [-0.2, -0.15) is 5.10 Å². The van der Waals surface area contributed by atoms with Crippen LogP contribution in [0, 0.1) is 0 Å². The fourth-order valence-electron chi connectivity index (χ4n) is 1.42. The summed E-state index contributed by atoms with van der Waals surface area (Å²) in [5, 5.41) is 8.01. The summed E-state index contributed by atoms with van der Waals surface area (Å²) in [5.41, 5.74) is 7.37. The zero-order valence-electron chi connectivity index (χ0n) is 8.73. The van der Waals surface area contributed by atoms with E-state index in [1.165, 1.54) is 0 Å². The van der Waals surface area contributed by atoms with Crippen LogP contribution in [0.25, 0.3) is 0 Å². The Balaban J connectivity index is 1.92. The van der Waals surface area contributed by atoms with Crippen LogP contribution >= 0.6 is 11.6 Å². The van der Waals surface area contributed by atoms with E-state index in [1.54, 1.807) is 18.3 Å². The first-order valence-electron chi connectivity index (χ1n) is 5.02. The molecule has 5 heteroatoms. The van der Waals surface area contributed by atoms with E-state index in [0.29, 0.717) is 10.7 Å². The Morgan fingerprint density at radius 2 is 2.31 bits per heavy atom. The molecule has 0 spiro atoms. The van der Waals surface area contributed by atoms with Crippen LogP contribution in [0.4, 0.5) is 11.4 Å². The van der Waals surface area contributed by atoms with Gasteiger partial charge in [0.15, 0.2) is 0 Å². The maximum Gasteiger partial charge on any atom is 0.0589 e. The second kappa shape index (κ2) is 4.90. The van der Waals surface area contributed by atoms with Crippen molar-refractivity contribution in [2.24, 2.45) is 0 Å². The summed E-state index contributed by atoms with van der Waals surface area (Å²) in [6, 6.07) is 7.28. The predicted molar refractivity (Wildman–Crippen MR) is 66.6 cm³/mol. The van der Waals surface area contributed by atoms with Gasteiger partial charge in [0.1, 0.15) is 0 Å². The van der Waals surface area contributed by atoms with Gasteiger partial charge in [-0.15, -0.1) is 0 Å². The van der Waals surface area contributed by atoms with Gasteiger partial charge >= 0.3 is 0 Å². The summed E-state index contributed by atoms with van der Waals surface area (Å²) in [5.74, 6) is 0. The zero-order valence-corrected chi connectivity index (χ0v) is 9.48. The van der Waals surface area contributed by atoms with Crippen molar-refractivity contribution in [3.8, 4) is 0 Å². The Morgan fingerprint density at radius 3 is 3.06 bits per heavy atom. The highest BCUT2D eigenvalue weighted by atomic mass is 35.5. The maximum atomic E-state index is 5.88. The van der Waals surface area contributed by atoms with Crippen LogP contribution in [0.3, 0.4) is 0 Å². The Morgan fingerprint density at radius 1 is 1.44 bits per heavy atom. The third-order valence-electron chi connectivity index (χ3n) is 2.23. The summed E-state index contributed by atoms with van der Waals surface area (Å²) in [6.45, 7) is 1.55. The van der Waals surface area contributed by atoms with Gasteiger partial charge in [0.2, 0.25) is 0 Å². The first-order valence-corrected chi connectivity index (χ1v) is 5.40. The molecule has 3 N–H and O–H groups in total. The lowest BCUT2D eigenvalue weighted by molar-refractivity contribution is 0.638. The fourth-order valence-corrected chi connectivity index (χ4v) is 1.59. The molecule has 0 amide bonds. The van der Waals surface area contributed by atoms with Gasteiger partial charge in [0.05, 0.1) is 17.9 Å². The Labute approximate surface area is 99.0 Å². The van der Waals surface area contributed by atoms with Gasteiger partial charge in [-0.05, 0) is 24.3 Å². The predicted octanol–water partition coefficient (Wildman–Crippen LogP) is 2.23. The molecule has 0 aliphatic carbocycles. The van der Waals surface area contributed by atoms with E-state index in [-0.39, 0.29) is 0 Å². The number of nitrogens with zero attached hydrogens (tertiary/aromatic N) is 2. The molecule has 0 unspecified atom stereocenters. The summed E-state index contributed by atoms with van der Waals surface area (Å²) in [4.78, 5) is 0. The second-order valence-electron chi connectivity index (χ2n) is 3.43. The number of nitrogens with one attached hydrogen (secondary N) is 1. The van der Waals surface area contributed by atoms with Crippen molar-refractivity contribution in [1.82, 2.24) is 9.78 Å². The highest BCUT2D eigenvalue weighted by Crippen LogP contribution is 2.22. The van der Waals surface area contributed by atoms with Gasteiger partial charge < -0.3 is 11.1 Å². The minimum absolute atomic E-state index is 0.677. The summed E-state index contributed by atoms with van der Waals surface area (Å²) < 4.78 is 1.85. The molecule has 1 aromatic carbocycles. The lowest BCUT2D eigenvalue weighted by atomic mass is 10.2. The summed E-state index contributed by atoms with van der Waals surface area (Å²) in [6.07, 6.45) is 3.68. The van der Waals surface area contributed by atoms with Gasteiger partial charge in [-0.1, -0.05) is 11.6 Å². The lowest BCUT2D eigenvalue weighted by Crippen LogP contribution is -2.11. The molecule has 0 fully saturated rings. The van der Waals surface area contributed by atoms with E-state index in [4.69, 9.17) is 17.3 Å². The number of rotatable bonds is 4. The number of aromatic nitrogens is 2. The molecular formula is C11H13ClN4. The van der Waals surface area contributed by atoms with Crippen LogP contribution in [0.1, 0.15) is 0 Å². The number of nitrogens with two attached hydrogens (primary N) is 1. The summed E-state index contributed by atoms with van der Waals surface area (Å²) >= 11 is 5.88. The van der Waals surface area contributed by atoms with Crippen LogP contribution < -0.4 is 11.1 Å². The topological polar surface area (TPSA) is 55.9 Å². The third-order valence-corrected chi connectivity index (χ3v) is 2.47. The minimum Gasteiger partial charge on any atom is -0.397 e. The summed E-state index contributed by atoms with van der Waals surface area (Å²) in [7, 11) is 0. The Hall–Kier alpha value is -1.68. The van der Waals surface area contributed by atoms with E-state index in [9.17, 15) is 0 Å². The molecule has 0 radical (unpaired) electrons. The first kappa shape index (κ1) is 10.8. The van der Waals surface area contributed by atoms with Crippen molar-refractivity contribution >= 4 is 23.0 Å². The van der Waals surface area contributed by atoms with Crippen molar-refractivity contribution in [3.05, 3.63) is 41.7 Å². The van der Waals surface area contributed by atoms with Crippen molar-refractivity contribution in [3.63, 3.8) is 0 Å². The average Bonchev–Trinajstić information content (AvgIpc) is 2.76. The van der Waals surface area contributed by atoms with Crippen LogP contribution in [-0.2, 0) is 6.54 Å². The smallest absolute Gasteiger partial charge is 0.0589 e. The average molecular weight is 237 g/mol. The maximum absolute atomic E-state index is 5.88. The number of anilines is 2. The normalized spacial score (nSPS) is 10.3. The molecule has 0 aliphatic heterocycles. The SMILES string of the molecule is Nc1ccc(Cl)cc1NCCn1cccn1.